The van der Waals surface area contributed by atoms with Crippen LogP contribution in [-0.4, -0.2) is 71.7 Å². The van der Waals surface area contributed by atoms with E-state index in [0.717, 1.165) is 39.0 Å². The summed E-state index contributed by atoms with van der Waals surface area (Å²) in [6.07, 6.45) is 6.42. The first-order valence-electron chi connectivity index (χ1n) is 7.43. The maximum Gasteiger partial charge on any atom is 0.289 e. The van der Waals surface area contributed by atoms with Crippen LogP contribution in [0.5, 0.6) is 0 Å². The van der Waals surface area contributed by atoms with E-state index in [1.807, 2.05) is 11.9 Å². The lowest BCUT2D eigenvalue weighted by atomic mass is 9.83. The van der Waals surface area contributed by atoms with Crippen molar-refractivity contribution in [3.63, 3.8) is 0 Å². The lowest BCUT2D eigenvalue weighted by Crippen LogP contribution is -2.54. The van der Waals surface area contributed by atoms with Crippen molar-refractivity contribution in [3.05, 3.63) is 18.2 Å². The van der Waals surface area contributed by atoms with Gasteiger partial charge in [0.1, 0.15) is 0 Å². The molecule has 21 heavy (non-hydrogen) atoms. The van der Waals surface area contributed by atoms with Gasteiger partial charge in [0, 0.05) is 51.8 Å². The number of ether oxygens (including phenoxy) is 1. The zero-order valence-corrected chi connectivity index (χ0v) is 13.5. The number of imidazole rings is 1. The minimum Gasteiger partial charge on any atom is -0.385 e. The normalized spacial score (nSPS) is 18.2. The molecular formula is C15H26N4O2. The van der Waals surface area contributed by atoms with E-state index in [1.165, 1.54) is 0 Å². The number of hydrogen-bond donors (Lipinski definition) is 0. The predicted molar refractivity (Wildman–Crippen MR) is 81.3 cm³/mol. The molecule has 1 amide bonds. The van der Waals surface area contributed by atoms with Gasteiger partial charge in [-0.05, 0) is 33.4 Å². The molecule has 0 N–H and O–H groups in total. The summed E-state index contributed by atoms with van der Waals surface area (Å²) in [6, 6.07) is 0. The van der Waals surface area contributed by atoms with Crippen molar-refractivity contribution < 1.29 is 9.53 Å². The Balaban J connectivity index is 2.01. The Bertz CT molecular complexity index is 476. The third-order valence-corrected chi connectivity index (χ3v) is 4.71. The third-order valence-electron chi connectivity index (χ3n) is 4.71. The van der Waals surface area contributed by atoms with E-state index in [1.54, 1.807) is 24.1 Å². The van der Waals surface area contributed by atoms with Crippen molar-refractivity contribution in [2.45, 2.75) is 24.8 Å². The molecule has 1 aliphatic heterocycles. The Morgan fingerprint density at radius 3 is 2.57 bits per heavy atom. The Kier molecular flexibility index (Phi) is 5.00. The summed E-state index contributed by atoms with van der Waals surface area (Å²) < 4.78 is 7.03. The number of amides is 1. The Labute approximate surface area is 126 Å². The molecule has 0 spiro atoms. The van der Waals surface area contributed by atoms with Crippen molar-refractivity contribution >= 4 is 5.91 Å². The SMILES string of the molecule is COCCC1(N(C)C)CCN(C(=O)c2nccn2C)CC1. The maximum atomic E-state index is 12.5. The molecule has 0 unspecified atom stereocenters. The highest BCUT2D eigenvalue weighted by molar-refractivity contribution is 5.90. The van der Waals surface area contributed by atoms with Gasteiger partial charge < -0.3 is 19.1 Å². The molecule has 6 heteroatoms. The number of methoxy groups -OCH3 is 1. The summed E-state index contributed by atoms with van der Waals surface area (Å²) in [5.41, 5.74) is 0.133. The summed E-state index contributed by atoms with van der Waals surface area (Å²) in [5, 5.41) is 0. The highest BCUT2D eigenvalue weighted by Crippen LogP contribution is 2.31. The van der Waals surface area contributed by atoms with Crippen LogP contribution in [0.4, 0.5) is 0 Å². The van der Waals surface area contributed by atoms with Gasteiger partial charge in [0.25, 0.3) is 5.91 Å². The first-order chi connectivity index (χ1) is 10.00. The number of aryl methyl sites for hydroxylation is 1. The van der Waals surface area contributed by atoms with Crippen LogP contribution in [0, 0.1) is 0 Å². The molecule has 1 aliphatic rings. The number of likely N-dealkylation sites (tertiary alicyclic amines) is 1. The van der Waals surface area contributed by atoms with Gasteiger partial charge >= 0.3 is 0 Å². The van der Waals surface area contributed by atoms with E-state index in [2.05, 4.69) is 24.0 Å². The lowest BCUT2D eigenvalue weighted by molar-refractivity contribution is 0.0247. The van der Waals surface area contributed by atoms with Gasteiger partial charge in [-0.2, -0.15) is 0 Å². The predicted octanol–water partition coefficient (Wildman–Crippen LogP) is 0.993. The molecule has 0 aromatic carbocycles. The number of piperidine rings is 1. The van der Waals surface area contributed by atoms with E-state index >= 15 is 0 Å². The van der Waals surface area contributed by atoms with Gasteiger partial charge in [-0.25, -0.2) is 4.98 Å². The molecule has 2 heterocycles. The zero-order chi connectivity index (χ0) is 15.5. The maximum absolute atomic E-state index is 12.5. The van der Waals surface area contributed by atoms with Crippen molar-refractivity contribution in [2.24, 2.45) is 7.05 Å². The van der Waals surface area contributed by atoms with E-state index in [0.29, 0.717) is 5.82 Å². The van der Waals surface area contributed by atoms with Gasteiger partial charge in [0.2, 0.25) is 0 Å². The zero-order valence-electron chi connectivity index (χ0n) is 13.5. The molecule has 1 saturated heterocycles. The summed E-state index contributed by atoms with van der Waals surface area (Å²) in [7, 11) is 7.83. The summed E-state index contributed by atoms with van der Waals surface area (Å²) in [4.78, 5) is 20.8. The van der Waals surface area contributed by atoms with Crippen molar-refractivity contribution in [1.82, 2.24) is 19.4 Å². The van der Waals surface area contributed by atoms with Gasteiger partial charge in [-0.1, -0.05) is 0 Å². The topological polar surface area (TPSA) is 50.6 Å². The van der Waals surface area contributed by atoms with Crippen LogP contribution in [0.2, 0.25) is 0 Å². The number of carbonyl (C=O) groups excluding carboxylic acids is 1. The van der Waals surface area contributed by atoms with Gasteiger partial charge in [0.15, 0.2) is 5.82 Å². The second-order valence-corrected chi connectivity index (χ2v) is 6.02. The second kappa shape index (κ2) is 6.58. The van der Waals surface area contributed by atoms with Crippen molar-refractivity contribution in [2.75, 3.05) is 40.9 Å². The summed E-state index contributed by atoms with van der Waals surface area (Å²) >= 11 is 0. The van der Waals surface area contributed by atoms with Crippen LogP contribution in [0.3, 0.4) is 0 Å². The van der Waals surface area contributed by atoms with Crippen LogP contribution >= 0.6 is 0 Å². The quantitative estimate of drug-likeness (QED) is 0.813. The van der Waals surface area contributed by atoms with Crippen molar-refractivity contribution in [1.29, 1.82) is 0 Å². The van der Waals surface area contributed by atoms with E-state index in [9.17, 15) is 4.79 Å². The molecule has 118 valence electrons. The molecule has 1 aromatic rings. The molecule has 0 atom stereocenters. The van der Waals surface area contributed by atoms with E-state index < -0.39 is 0 Å². The minimum atomic E-state index is 0.0293. The largest absolute Gasteiger partial charge is 0.385 e. The van der Waals surface area contributed by atoms with E-state index in [-0.39, 0.29) is 11.4 Å². The van der Waals surface area contributed by atoms with E-state index in [4.69, 9.17) is 4.74 Å². The first kappa shape index (κ1) is 16.0. The van der Waals surface area contributed by atoms with Crippen LogP contribution < -0.4 is 0 Å². The first-order valence-corrected chi connectivity index (χ1v) is 7.43. The number of hydrogen-bond acceptors (Lipinski definition) is 4. The van der Waals surface area contributed by atoms with Crippen LogP contribution in [0.25, 0.3) is 0 Å². The highest BCUT2D eigenvalue weighted by atomic mass is 16.5. The average Bonchev–Trinajstić information content (AvgIpc) is 2.91. The minimum absolute atomic E-state index is 0.0293. The Morgan fingerprint density at radius 2 is 2.10 bits per heavy atom. The number of carbonyl (C=O) groups is 1. The number of aromatic nitrogens is 2. The van der Waals surface area contributed by atoms with Crippen molar-refractivity contribution in [3.8, 4) is 0 Å². The average molecular weight is 294 g/mol. The smallest absolute Gasteiger partial charge is 0.289 e. The molecular weight excluding hydrogens is 268 g/mol. The standard InChI is InChI=1S/C15H26N4O2/c1-17(2)15(7-12-21-4)5-9-19(10-6-15)14(20)13-16-8-11-18(13)3/h8,11H,5-7,9-10,12H2,1-4H3. The molecule has 1 fully saturated rings. The van der Waals surface area contributed by atoms with Gasteiger partial charge in [0.05, 0.1) is 0 Å². The van der Waals surface area contributed by atoms with Gasteiger partial charge in [-0.3, -0.25) is 4.79 Å². The fourth-order valence-electron chi connectivity index (χ4n) is 3.05. The van der Waals surface area contributed by atoms with Crippen LogP contribution in [0.15, 0.2) is 12.4 Å². The molecule has 0 radical (unpaired) electrons. The monoisotopic (exact) mass is 294 g/mol. The molecule has 1 aromatic heterocycles. The fourth-order valence-corrected chi connectivity index (χ4v) is 3.05. The van der Waals surface area contributed by atoms with Crippen LogP contribution in [-0.2, 0) is 11.8 Å². The molecule has 6 nitrogen and oxygen atoms in total. The molecule has 2 rings (SSSR count). The fraction of sp³-hybridized carbons (Fsp3) is 0.733. The van der Waals surface area contributed by atoms with Gasteiger partial charge in [-0.15, -0.1) is 0 Å². The molecule has 0 bridgehead atoms. The second-order valence-electron chi connectivity index (χ2n) is 6.02. The Hall–Kier alpha value is -1.40. The summed E-state index contributed by atoms with van der Waals surface area (Å²) in [6.45, 7) is 2.30. The third kappa shape index (κ3) is 3.27. The van der Waals surface area contributed by atoms with Crippen LogP contribution in [0.1, 0.15) is 29.9 Å². The molecule has 0 aliphatic carbocycles. The Morgan fingerprint density at radius 1 is 1.43 bits per heavy atom. The highest BCUT2D eigenvalue weighted by Gasteiger charge is 2.38. The number of rotatable bonds is 5. The number of nitrogens with zero attached hydrogens (tertiary/aromatic N) is 4. The molecule has 0 saturated carbocycles. The summed E-state index contributed by atoms with van der Waals surface area (Å²) in [5.74, 6) is 0.547. The lowest BCUT2D eigenvalue weighted by Gasteiger charge is -2.46.